The molecule has 0 spiro atoms. The second-order valence-electron chi connectivity index (χ2n) is 3.96. The highest BCUT2D eigenvalue weighted by molar-refractivity contribution is 5.71. The average Bonchev–Trinajstić information content (AvgIpc) is 2.37. The van der Waals surface area contributed by atoms with E-state index >= 15 is 0 Å². The standard InChI is InChI=1S/C13H17NO5/c1-18-9-11(7-12(15)16)14-13(17)19-8-10-5-3-2-4-6-10/h2-6,11H,7-9H2,1H3,(H,14,17)(H,15,16). The molecule has 1 aromatic rings. The summed E-state index contributed by atoms with van der Waals surface area (Å²) in [5, 5.41) is 11.1. The fraction of sp³-hybridized carbons (Fsp3) is 0.385. The van der Waals surface area contributed by atoms with Crippen LogP contribution in [0.1, 0.15) is 12.0 Å². The maximum atomic E-state index is 11.5. The number of ether oxygens (including phenoxy) is 2. The summed E-state index contributed by atoms with van der Waals surface area (Å²) in [7, 11) is 1.44. The van der Waals surface area contributed by atoms with Gasteiger partial charge in [0.1, 0.15) is 6.61 Å². The minimum Gasteiger partial charge on any atom is -0.481 e. The highest BCUT2D eigenvalue weighted by Crippen LogP contribution is 2.01. The maximum absolute atomic E-state index is 11.5. The van der Waals surface area contributed by atoms with E-state index in [9.17, 15) is 9.59 Å². The molecule has 1 atom stereocenters. The lowest BCUT2D eigenvalue weighted by atomic mass is 10.2. The van der Waals surface area contributed by atoms with Gasteiger partial charge in [0.25, 0.3) is 0 Å². The van der Waals surface area contributed by atoms with Crippen molar-refractivity contribution in [2.24, 2.45) is 0 Å². The number of hydrogen-bond donors (Lipinski definition) is 2. The van der Waals surface area contributed by atoms with Gasteiger partial charge in [-0.25, -0.2) is 4.79 Å². The molecule has 0 aliphatic heterocycles. The van der Waals surface area contributed by atoms with Crippen LogP contribution in [0.25, 0.3) is 0 Å². The van der Waals surface area contributed by atoms with Gasteiger partial charge in [-0.15, -0.1) is 0 Å². The first kappa shape index (κ1) is 15.0. The summed E-state index contributed by atoms with van der Waals surface area (Å²) in [5.74, 6) is -1.01. The van der Waals surface area contributed by atoms with Gasteiger partial charge in [-0.05, 0) is 5.56 Å². The van der Waals surface area contributed by atoms with Crippen LogP contribution in [0.2, 0.25) is 0 Å². The fourth-order valence-corrected chi connectivity index (χ4v) is 1.50. The van der Waals surface area contributed by atoms with Crippen molar-refractivity contribution >= 4 is 12.1 Å². The smallest absolute Gasteiger partial charge is 0.407 e. The quantitative estimate of drug-likeness (QED) is 0.780. The first-order chi connectivity index (χ1) is 9.11. The zero-order valence-electron chi connectivity index (χ0n) is 10.7. The van der Waals surface area contributed by atoms with Crippen molar-refractivity contribution in [1.82, 2.24) is 5.32 Å². The Morgan fingerprint density at radius 2 is 2.00 bits per heavy atom. The molecule has 0 fully saturated rings. The van der Waals surface area contributed by atoms with Crippen molar-refractivity contribution in [1.29, 1.82) is 0 Å². The van der Waals surface area contributed by atoms with Crippen molar-refractivity contribution in [2.45, 2.75) is 19.1 Å². The van der Waals surface area contributed by atoms with E-state index in [1.165, 1.54) is 7.11 Å². The Balaban J connectivity index is 2.37. The Morgan fingerprint density at radius 1 is 1.32 bits per heavy atom. The third-order valence-electron chi connectivity index (χ3n) is 2.32. The van der Waals surface area contributed by atoms with Gasteiger partial charge in [0, 0.05) is 7.11 Å². The molecule has 0 bridgehead atoms. The Bertz CT molecular complexity index is 407. The monoisotopic (exact) mass is 267 g/mol. The van der Waals surface area contributed by atoms with Gasteiger partial charge in [-0.1, -0.05) is 30.3 Å². The lowest BCUT2D eigenvalue weighted by Gasteiger charge is -2.15. The first-order valence-corrected chi connectivity index (χ1v) is 5.79. The summed E-state index contributed by atoms with van der Waals surface area (Å²) in [6.45, 7) is 0.256. The highest BCUT2D eigenvalue weighted by Gasteiger charge is 2.16. The van der Waals surface area contributed by atoms with Gasteiger partial charge in [0.2, 0.25) is 0 Å². The number of carbonyl (C=O) groups excluding carboxylic acids is 1. The molecule has 0 aliphatic carbocycles. The van der Waals surface area contributed by atoms with Crippen LogP contribution in [0.4, 0.5) is 4.79 Å². The summed E-state index contributed by atoms with van der Waals surface area (Å²) in [5.41, 5.74) is 0.860. The number of benzene rings is 1. The number of aliphatic carboxylic acids is 1. The van der Waals surface area contributed by atoms with Gasteiger partial charge in [-0.2, -0.15) is 0 Å². The molecule has 1 rings (SSSR count). The predicted molar refractivity (Wildman–Crippen MR) is 67.7 cm³/mol. The number of carboxylic acid groups (broad SMARTS) is 1. The van der Waals surface area contributed by atoms with E-state index < -0.39 is 18.1 Å². The SMILES string of the molecule is COCC(CC(=O)O)NC(=O)OCc1ccccc1. The molecule has 0 saturated carbocycles. The fourth-order valence-electron chi connectivity index (χ4n) is 1.50. The number of carbonyl (C=O) groups is 2. The normalized spacial score (nSPS) is 11.6. The van der Waals surface area contributed by atoms with Crippen LogP contribution < -0.4 is 5.32 Å². The van der Waals surface area contributed by atoms with Crippen LogP contribution in [-0.2, 0) is 20.9 Å². The second kappa shape index (κ2) is 8.10. The summed E-state index contributed by atoms with van der Waals surface area (Å²) in [4.78, 5) is 22.1. The Labute approximate surface area is 111 Å². The van der Waals surface area contributed by atoms with Crippen LogP contribution >= 0.6 is 0 Å². The molecule has 104 valence electrons. The molecule has 1 amide bonds. The van der Waals surface area contributed by atoms with Gasteiger partial charge < -0.3 is 19.9 Å². The maximum Gasteiger partial charge on any atom is 0.407 e. The molecule has 2 N–H and O–H groups in total. The molecule has 0 aliphatic rings. The number of alkyl carbamates (subject to hydrolysis) is 1. The molecule has 1 aromatic carbocycles. The number of rotatable bonds is 7. The van der Waals surface area contributed by atoms with Crippen molar-refractivity contribution in [3.8, 4) is 0 Å². The summed E-state index contributed by atoms with van der Waals surface area (Å²) in [6.07, 6.45) is -0.874. The van der Waals surface area contributed by atoms with Gasteiger partial charge >= 0.3 is 12.1 Å². The minimum absolute atomic E-state index is 0.118. The van der Waals surface area contributed by atoms with E-state index in [0.717, 1.165) is 5.56 Å². The van der Waals surface area contributed by atoms with E-state index in [1.807, 2.05) is 30.3 Å². The lowest BCUT2D eigenvalue weighted by Crippen LogP contribution is -2.39. The van der Waals surface area contributed by atoms with Crippen molar-refractivity contribution in [2.75, 3.05) is 13.7 Å². The van der Waals surface area contributed by atoms with Crippen molar-refractivity contribution < 1.29 is 24.2 Å². The highest BCUT2D eigenvalue weighted by atomic mass is 16.5. The third kappa shape index (κ3) is 6.42. The Hall–Kier alpha value is -2.08. The molecule has 0 aromatic heterocycles. The van der Waals surface area contributed by atoms with E-state index in [-0.39, 0.29) is 19.6 Å². The number of carboxylic acids is 1. The van der Waals surface area contributed by atoms with Gasteiger partial charge in [0.05, 0.1) is 19.1 Å². The van der Waals surface area contributed by atoms with E-state index in [0.29, 0.717) is 0 Å². The second-order valence-corrected chi connectivity index (χ2v) is 3.96. The molecular formula is C13H17NO5. The van der Waals surface area contributed by atoms with E-state index in [1.54, 1.807) is 0 Å². The minimum atomic E-state index is -1.01. The average molecular weight is 267 g/mol. The van der Waals surface area contributed by atoms with Crippen molar-refractivity contribution in [3.63, 3.8) is 0 Å². The zero-order chi connectivity index (χ0) is 14.1. The number of nitrogens with one attached hydrogen (secondary N) is 1. The van der Waals surface area contributed by atoms with E-state index in [2.05, 4.69) is 5.32 Å². The van der Waals surface area contributed by atoms with Crippen LogP contribution in [0, 0.1) is 0 Å². The molecule has 6 heteroatoms. The predicted octanol–water partition coefficient (Wildman–Crippen LogP) is 1.40. The Morgan fingerprint density at radius 3 is 2.58 bits per heavy atom. The molecule has 19 heavy (non-hydrogen) atoms. The zero-order valence-corrected chi connectivity index (χ0v) is 10.7. The van der Waals surface area contributed by atoms with Gasteiger partial charge in [-0.3, -0.25) is 4.79 Å². The summed E-state index contributed by atoms with van der Waals surface area (Å²) >= 11 is 0. The molecule has 0 heterocycles. The summed E-state index contributed by atoms with van der Waals surface area (Å²) < 4.78 is 9.82. The van der Waals surface area contributed by atoms with E-state index in [4.69, 9.17) is 14.6 Å². The first-order valence-electron chi connectivity index (χ1n) is 5.79. The third-order valence-corrected chi connectivity index (χ3v) is 2.32. The number of amides is 1. The van der Waals surface area contributed by atoms with Crippen molar-refractivity contribution in [3.05, 3.63) is 35.9 Å². The molecular weight excluding hydrogens is 250 g/mol. The van der Waals surface area contributed by atoms with Gasteiger partial charge in [0.15, 0.2) is 0 Å². The van der Waals surface area contributed by atoms with Crippen LogP contribution in [0.15, 0.2) is 30.3 Å². The van der Waals surface area contributed by atoms with Crippen LogP contribution in [-0.4, -0.2) is 36.9 Å². The topological polar surface area (TPSA) is 84.9 Å². The number of methoxy groups -OCH3 is 1. The molecule has 6 nitrogen and oxygen atoms in total. The van der Waals surface area contributed by atoms with Crippen LogP contribution in [0.5, 0.6) is 0 Å². The molecule has 1 unspecified atom stereocenters. The summed E-state index contributed by atoms with van der Waals surface area (Å²) in [6, 6.07) is 8.61. The van der Waals surface area contributed by atoms with Crippen LogP contribution in [0.3, 0.4) is 0 Å². The number of hydrogen-bond acceptors (Lipinski definition) is 4. The molecule has 0 radical (unpaired) electrons. The lowest BCUT2D eigenvalue weighted by molar-refractivity contribution is -0.137. The largest absolute Gasteiger partial charge is 0.481 e. The molecule has 0 saturated heterocycles. The Kier molecular flexibility index (Phi) is 6.38.